The number of aromatic nitrogens is 1. The van der Waals surface area contributed by atoms with Crippen LogP contribution in [-0.2, 0) is 16.3 Å². The molecular formula is C9H11NO4S2. The summed E-state index contributed by atoms with van der Waals surface area (Å²) < 4.78 is 23.1. The zero-order valence-corrected chi connectivity index (χ0v) is 10.1. The highest BCUT2D eigenvalue weighted by Gasteiger charge is 2.32. The van der Waals surface area contributed by atoms with Gasteiger partial charge in [-0.3, -0.25) is 0 Å². The summed E-state index contributed by atoms with van der Waals surface area (Å²) in [5.74, 6) is -0.828. The average Bonchev–Trinajstić information content (AvgIpc) is 2.75. The molecule has 0 spiro atoms. The summed E-state index contributed by atoms with van der Waals surface area (Å²) in [6.07, 6.45) is 1.70. The third-order valence-corrected chi connectivity index (χ3v) is 5.78. The largest absolute Gasteiger partial charge is 0.476 e. The van der Waals surface area contributed by atoms with Gasteiger partial charge in [-0.2, -0.15) is 0 Å². The Kier molecular flexibility index (Phi) is 2.98. The van der Waals surface area contributed by atoms with Crippen molar-refractivity contribution in [2.45, 2.75) is 24.5 Å². The zero-order chi connectivity index (χ0) is 11.8. The number of thiazole rings is 1. The molecule has 5 nitrogen and oxygen atoms in total. The van der Waals surface area contributed by atoms with Crippen molar-refractivity contribution in [3.63, 3.8) is 0 Å². The summed E-state index contributed by atoms with van der Waals surface area (Å²) in [5.41, 5.74) is -0.00426. The Hall–Kier alpha value is -0.950. The van der Waals surface area contributed by atoms with E-state index < -0.39 is 15.8 Å². The van der Waals surface area contributed by atoms with Crippen LogP contribution in [-0.4, -0.2) is 35.5 Å². The second-order valence-corrected chi connectivity index (χ2v) is 7.11. The molecule has 7 heteroatoms. The molecular weight excluding hydrogens is 250 g/mol. The molecule has 1 aromatic heterocycles. The van der Waals surface area contributed by atoms with Crippen molar-refractivity contribution < 1.29 is 18.3 Å². The number of aromatic carboxylic acids is 1. The molecule has 0 aliphatic carbocycles. The van der Waals surface area contributed by atoms with Gasteiger partial charge in [0.25, 0.3) is 0 Å². The lowest BCUT2D eigenvalue weighted by molar-refractivity contribution is 0.0691. The Morgan fingerprint density at radius 1 is 1.62 bits per heavy atom. The molecule has 1 aromatic rings. The van der Waals surface area contributed by atoms with E-state index in [1.165, 1.54) is 16.7 Å². The molecule has 2 rings (SSSR count). The summed E-state index contributed by atoms with van der Waals surface area (Å²) in [7, 11) is -2.98. The molecule has 0 bridgehead atoms. The van der Waals surface area contributed by atoms with Gasteiger partial charge < -0.3 is 5.11 Å². The number of nitrogens with zero attached hydrogens (tertiary/aromatic N) is 1. The van der Waals surface area contributed by atoms with Crippen LogP contribution in [0, 0.1) is 0 Å². The van der Waals surface area contributed by atoms with Gasteiger partial charge in [0.15, 0.2) is 15.5 Å². The molecule has 1 fully saturated rings. The lowest BCUT2D eigenvalue weighted by Gasteiger charge is -2.05. The van der Waals surface area contributed by atoms with Crippen molar-refractivity contribution in [2.75, 3.05) is 5.75 Å². The molecule has 0 saturated carbocycles. The smallest absolute Gasteiger partial charge is 0.355 e. The minimum Gasteiger partial charge on any atom is -0.476 e. The normalized spacial score (nSPS) is 23.4. The van der Waals surface area contributed by atoms with Crippen LogP contribution in [0.15, 0.2) is 5.38 Å². The van der Waals surface area contributed by atoms with Gasteiger partial charge in [-0.15, -0.1) is 11.3 Å². The van der Waals surface area contributed by atoms with Gasteiger partial charge >= 0.3 is 5.97 Å². The van der Waals surface area contributed by atoms with Crippen molar-refractivity contribution in [3.8, 4) is 0 Å². The fourth-order valence-electron chi connectivity index (χ4n) is 1.79. The van der Waals surface area contributed by atoms with Gasteiger partial charge in [-0.25, -0.2) is 18.2 Å². The number of sulfone groups is 1. The summed E-state index contributed by atoms with van der Waals surface area (Å²) >= 11 is 1.21. The predicted octanol–water partition coefficient (Wildman–Crippen LogP) is 0.961. The Morgan fingerprint density at radius 2 is 2.38 bits per heavy atom. The van der Waals surface area contributed by atoms with E-state index in [2.05, 4.69) is 4.98 Å². The molecule has 0 aromatic carbocycles. The van der Waals surface area contributed by atoms with Crippen molar-refractivity contribution >= 4 is 27.1 Å². The van der Waals surface area contributed by atoms with Crippen molar-refractivity contribution in [3.05, 3.63) is 16.1 Å². The molecule has 2 heterocycles. The number of carbonyl (C=O) groups is 1. The molecule has 88 valence electrons. The van der Waals surface area contributed by atoms with Crippen LogP contribution >= 0.6 is 11.3 Å². The van der Waals surface area contributed by atoms with Gasteiger partial charge in [-0.05, 0) is 12.8 Å². The number of carboxylic acid groups (broad SMARTS) is 1. The second-order valence-electron chi connectivity index (χ2n) is 3.77. The first-order valence-electron chi connectivity index (χ1n) is 4.88. The van der Waals surface area contributed by atoms with E-state index >= 15 is 0 Å². The maximum Gasteiger partial charge on any atom is 0.355 e. The summed E-state index contributed by atoms with van der Waals surface area (Å²) in [6, 6.07) is 0. The number of carboxylic acids is 1. The van der Waals surface area contributed by atoms with Crippen molar-refractivity contribution in [2.24, 2.45) is 0 Å². The van der Waals surface area contributed by atoms with Crippen LogP contribution in [0.25, 0.3) is 0 Å². The van der Waals surface area contributed by atoms with Crippen LogP contribution in [0.3, 0.4) is 0 Å². The molecule has 1 atom stereocenters. The fraction of sp³-hybridized carbons (Fsp3) is 0.556. The van der Waals surface area contributed by atoms with Gasteiger partial charge in [-0.1, -0.05) is 0 Å². The SMILES string of the molecule is O=C(O)c1csc(CC2CCCS2(=O)=O)n1. The Morgan fingerprint density at radius 3 is 2.88 bits per heavy atom. The zero-order valence-electron chi connectivity index (χ0n) is 8.42. The maximum absolute atomic E-state index is 11.6. The highest BCUT2D eigenvalue weighted by Crippen LogP contribution is 2.24. The molecule has 0 radical (unpaired) electrons. The molecule has 1 aliphatic rings. The highest BCUT2D eigenvalue weighted by molar-refractivity contribution is 7.92. The summed E-state index contributed by atoms with van der Waals surface area (Å²) in [5, 5.41) is 10.3. The molecule has 1 aliphatic heterocycles. The van der Waals surface area contributed by atoms with E-state index in [1.54, 1.807) is 0 Å². The molecule has 16 heavy (non-hydrogen) atoms. The predicted molar refractivity (Wildman–Crippen MR) is 59.6 cm³/mol. The minimum atomic E-state index is -2.98. The van der Waals surface area contributed by atoms with Crippen LogP contribution in [0.1, 0.15) is 28.3 Å². The van der Waals surface area contributed by atoms with E-state index in [1.807, 2.05) is 0 Å². The van der Waals surface area contributed by atoms with Crippen molar-refractivity contribution in [1.29, 1.82) is 0 Å². The summed E-state index contributed by atoms with van der Waals surface area (Å²) in [4.78, 5) is 14.5. The monoisotopic (exact) mass is 261 g/mol. The fourth-order valence-corrected chi connectivity index (χ4v) is 4.58. The number of hydrogen-bond donors (Lipinski definition) is 1. The quantitative estimate of drug-likeness (QED) is 0.876. The van der Waals surface area contributed by atoms with Crippen molar-refractivity contribution in [1.82, 2.24) is 4.98 Å². The average molecular weight is 261 g/mol. The van der Waals surface area contributed by atoms with E-state index in [4.69, 9.17) is 5.11 Å². The van der Waals surface area contributed by atoms with Gasteiger partial charge in [0.2, 0.25) is 0 Å². The van der Waals surface area contributed by atoms with Gasteiger partial charge in [0.1, 0.15) is 0 Å². The van der Waals surface area contributed by atoms with Crippen LogP contribution < -0.4 is 0 Å². The second kappa shape index (κ2) is 4.14. The van der Waals surface area contributed by atoms with E-state index in [9.17, 15) is 13.2 Å². The van der Waals surface area contributed by atoms with Gasteiger partial charge in [0, 0.05) is 11.8 Å². The third-order valence-electron chi connectivity index (χ3n) is 2.64. The van der Waals surface area contributed by atoms with E-state index in [-0.39, 0.29) is 16.7 Å². The lowest BCUT2D eigenvalue weighted by atomic mass is 10.2. The maximum atomic E-state index is 11.6. The van der Waals surface area contributed by atoms with E-state index in [0.717, 1.165) is 0 Å². The lowest BCUT2D eigenvalue weighted by Crippen LogP contribution is -2.18. The molecule has 1 N–H and O–H groups in total. The van der Waals surface area contributed by atoms with Crippen LogP contribution in [0.4, 0.5) is 0 Å². The first-order chi connectivity index (χ1) is 7.49. The van der Waals surface area contributed by atoms with Gasteiger partial charge in [0.05, 0.1) is 16.0 Å². The highest BCUT2D eigenvalue weighted by atomic mass is 32.2. The number of rotatable bonds is 3. The molecule has 1 unspecified atom stereocenters. The first-order valence-corrected chi connectivity index (χ1v) is 7.48. The first kappa shape index (κ1) is 11.5. The standard InChI is InChI=1S/C9H11NO4S2/c11-9(12)7-5-15-8(10-7)4-6-2-1-3-16(6,13)14/h5-6H,1-4H2,(H,11,12). The molecule has 1 saturated heterocycles. The van der Waals surface area contributed by atoms with Crippen LogP contribution in [0.5, 0.6) is 0 Å². The van der Waals surface area contributed by atoms with Crippen LogP contribution in [0.2, 0.25) is 0 Å². The molecule has 0 amide bonds. The Labute approximate surface area is 97.1 Å². The Bertz CT molecular complexity index is 505. The van der Waals surface area contributed by atoms with E-state index in [0.29, 0.717) is 24.3 Å². The summed E-state index contributed by atoms with van der Waals surface area (Å²) in [6.45, 7) is 0. The Balaban J connectivity index is 2.12. The third kappa shape index (κ3) is 2.25. The minimum absolute atomic E-state index is 0.00426. The number of hydrogen-bond acceptors (Lipinski definition) is 5. The topological polar surface area (TPSA) is 84.3 Å².